The zero-order chi connectivity index (χ0) is 16.7. The van der Waals surface area contributed by atoms with Gasteiger partial charge in [-0.1, -0.05) is 0 Å². The normalized spacial score (nSPS) is 17.3. The second-order valence-corrected chi connectivity index (χ2v) is 6.84. The maximum Gasteiger partial charge on any atom is 0.223 e. The van der Waals surface area contributed by atoms with Gasteiger partial charge in [-0.15, -0.1) is 11.8 Å². The SMILES string of the molecule is CNCC1CCN(C(=O)CCSc2ccc(OC)c(OC)c2)C1. The Morgan fingerprint density at radius 1 is 1.35 bits per heavy atom. The predicted octanol–water partition coefficient (Wildman–Crippen LogP) is 2.25. The molecule has 0 saturated carbocycles. The third-order valence-electron chi connectivity index (χ3n) is 4.07. The van der Waals surface area contributed by atoms with Crippen LogP contribution in [0.25, 0.3) is 0 Å². The van der Waals surface area contributed by atoms with Gasteiger partial charge in [0.25, 0.3) is 0 Å². The maximum atomic E-state index is 12.3. The number of rotatable bonds is 8. The van der Waals surface area contributed by atoms with Crippen LogP contribution in [-0.2, 0) is 4.79 Å². The van der Waals surface area contributed by atoms with Gasteiger partial charge in [0.05, 0.1) is 14.2 Å². The molecule has 1 aromatic rings. The molecule has 2 rings (SSSR count). The third kappa shape index (κ3) is 5.04. The summed E-state index contributed by atoms with van der Waals surface area (Å²) in [7, 11) is 5.22. The summed E-state index contributed by atoms with van der Waals surface area (Å²) < 4.78 is 10.5. The Kier molecular flexibility index (Phi) is 7.05. The smallest absolute Gasteiger partial charge is 0.223 e. The molecule has 0 bridgehead atoms. The quantitative estimate of drug-likeness (QED) is 0.737. The minimum absolute atomic E-state index is 0.261. The summed E-state index contributed by atoms with van der Waals surface area (Å²) >= 11 is 1.67. The number of hydrogen-bond acceptors (Lipinski definition) is 5. The summed E-state index contributed by atoms with van der Waals surface area (Å²) in [4.78, 5) is 15.3. The van der Waals surface area contributed by atoms with E-state index >= 15 is 0 Å². The van der Waals surface area contributed by atoms with Crippen molar-refractivity contribution in [1.82, 2.24) is 10.2 Å². The second-order valence-electron chi connectivity index (χ2n) is 5.67. The number of ether oxygens (including phenoxy) is 2. The van der Waals surface area contributed by atoms with E-state index in [0.717, 1.165) is 48.2 Å². The molecule has 1 amide bonds. The van der Waals surface area contributed by atoms with Crippen LogP contribution in [0.15, 0.2) is 23.1 Å². The van der Waals surface area contributed by atoms with Gasteiger partial charge in [0.1, 0.15) is 0 Å². The van der Waals surface area contributed by atoms with E-state index < -0.39 is 0 Å². The summed E-state index contributed by atoms with van der Waals surface area (Å²) in [5.41, 5.74) is 0. The van der Waals surface area contributed by atoms with Crippen molar-refractivity contribution in [2.45, 2.75) is 17.7 Å². The molecule has 5 nitrogen and oxygen atoms in total. The molecule has 1 heterocycles. The third-order valence-corrected chi connectivity index (χ3v) is 5.07. The number of thioether (sulfide) groups is 1. The van der Waals surface area contributed by atoms with Gasteiger partial charge >= 0.3 is 0 Å². The molecule has 1 aliphatic heterocycles. The molecule has 1 atom stereocenters. The van der Waals surface area contributed by atoms with Gasteiger partial charge in [0, 0.05) is 30.2 Å². The molecule has 1 saturated heterocycles. The van der Waals surface area contributed by atoms with E-state index in [-0.39, 0.29) is 5.91 Å². The van der Waals surface area contributed by atoms with Crippen LogP contribution in [0.3, 0.4) is 0 Å². The zero-order valence-corrected chi connectivity index (χ0v) is 14.9. The topological polar surface area (TPSA) is 50.8 Å². The predicted molar refractivity (Wildman–Crippen MR) is 93.5 cm³/mol. The molecule has 0 spiro atoms. The van der Waals surface area contributed by atoms with Gasteiger partial charge in [-0.25, -0.2) is 0 Å². The van der Waals surface area contributed by atoms with E-state index in [1.807, 2.05) is 30.1 Å². The summed E-state index contributed by atoms with van der Waals surface area (Å²) in [6.07, 6.45) is 1.68. The van der Waals surface area contributed by atoms with Crippen molar-refractivity contribution in [3.05, 3.63) is 18.2 Å². The Hall–Kier alpha value is -1.40. The van der Waals surface area contributed by atoms with Crippen LogP contribution in [0, 0.1) is 5.92 Å². The number of nitrogens with zero attached hydrogens (tertiary/aromatic N) is 1. The lowest BCUT2D eigenvalue weighted by Gasteiger charge is -2.16. The van der Waals surface area contributed by atoms with Crippen LogP contribution in [0.5, 0.6) is 11.5 Å². The van der Waals surface area contributed by atoms with Gasteiger partial charge in [-0.05, 0) is 44.1 Å². The van der Waals surface area contributed by atoms with Crippen LogP contribution in [-0.4, -0.2) is 57.5 Å². The first-order valence-electron chi connectivity index (χ1n) is 7.95. The number of carbonyl (C=O) groups excluding carboxylic acids is 1. The molecule has 0 aromatic heterocycles. The molecular formula is C17H26N2O3S. The molecule has 1 N–H and O–H groups in total. The molecule has 1 unspecified atom stereocenters. The minimum Gasteiger partial charge on any atom is -0.493 e. The van der Waals surface area contributed by atoms with Gasteiger partial charge < -0.3 is 19.7 Å². The first kappa shape index (κ1) is 17.9. The lowest BCUT2D eigenvalue weighted by molar-refractivity contribution is -0.129. The highest BCUT2D eigenvalue weighted by Crippen LogP contribution is 2.32. The molecule has 6 heteroatoms. The van der Waals surface area contributed by atoms with Gasteiger partial charge in [0.2, 0.25) is 5.91 Å². The van der Waals surface area contributed by atoms with Crippen molar-refractivity contribution in [1.29, 1.82) is 0 Å². The van der Waals surface area contributed by atoms with Crippen LogP contribution in [0.1, 0.15) is 12.8 Å². The highest BCUT2D eigenvalue weighted by molar-refractivity contribution is 7.99. The van der Waals surface area contributed by atoms with E-state index in [1.54, 1.807) is 26.0 Å². The van der Waals surface area contributed by atoms with Crippen molar-refractivity contribution >= 4 is 17.7 Å². The van der Waals surface area contributed by atoms with Crippen LogP contribution in [0.4, 0.5) is 0 Å². The molecule has 1 aliphatic rings. The van der Waals surface area contributed by atoms with E-state index in [2.05, 4.69) is 5.32 Å². The molecule has 0 aliphatic carbocycles. The van der Waals surface area contributed by atoms with Crippen LogP contribution < -0.4 is 14.8 Å². The number of methoxy groups -OCH3 is 2. The summed E-state index contributed by atoms with van der Waals surface area (Å²) in [5.74, 6) is 3.08. The molecular weight excluding hydrogens is 312 g/mol. The van der Waals surface area contributed by atoms with Crippen molar-refractivity contribution in [3.8, 4) is 11.5 Å². The Labute approximate surface area is 142 Å². The van der Waals surface area contributed by atoms with Crippen LogP contribution in [0.2, 0.25) is 0 Å². The average Bonchev–Trinajstić information content (AvgIpc) is 3.03. The molecule has 1 aromatic carbocycles. The van der Waals surface area contributed by atoms with Gasteiger partial charge in [-0.2, -0.15) is 0 Å². The van der Waals surface area contributed by atoms with Crippen molar-refractivity contribution in [2.24, 2.45) is 5.92 Å². The number of carbonyl (C=O) groups is 1. The maximum absolute atomic E-state index is 12.3. The van der Waals surface area contributed by atoms with E-state index in [1.165, 1.54) is 0 Å². The van der Waals surface area contributed by atoms with E-state index in [0.29, 0.717) is 12.3 Å². The number of hydrogen-bond donors (Lipinski definition) is 1. The number of amides is 1. The monoisotopic (exact) mass is 338 g/mol. The first-order chi connectivity index (χ1) is 11.2. The summed E-state index contributed by atoms with van der Waals surface area (Å²) in [6, 6.07) is 5.84. The Morgan fingerprint density at radius 2 is 2.13 bits per heavy atom. The van der Waals surface area contributed by atoms with Crippen molar-refractivity contribution < 1.29 is 14.3 Å². The average molecular weight is 338 g/mol. The fourth-order valence-electron chi connectivity index (χ4n) is 2.84. The fourth-order valence-corrected chi connectivity index (χ4v) is 3.70. The largest absolute Gasteiger partial charge is 0.493 e. The van der Waals surface area contributed by atoms with Crippen molar-refractivity contribution in [3.63, 3.8) is 0 Å². The first-order valence-corrected chi connectivity index (χ1v) is 8.93. The highest BCUT2D eigenvalue weighted by Gasteiger charge is 2.25. The van der Waals surface area contributed by atoms with Gasteiger partial charge in [-0.3, -0.25) is 4.79 Å². The molecule has 1 fully saturated rings. The fraction of sp³-hybridized carbons (Fsp3) is 0.588. The minimum atomic E-state index is 0.261. The number of likely N-dealkylation sites (tertiary alicyclic amines) is 1. The zero-order valence-electron chi connectivity index (χ0n) is 14.1. The van der Waals surface area contributed by atoms with Crippen LogP contribution >= 0.6 is 11.8 Å². The Bertz CT molecular complexity index is 525. The van der Waals surface area contributed by atoms with Gasteiger partial charge in [0.15, 0.2) is 11.5 Å². The molecule has 23 heavy (non-hydrogen) atoms. The summed E-state index contributed by atoms with van der Waals surface area (Å²) in [6.45, 7) is 2.77. The van der Waals surface area contributed by atoms with Crippen molar-refractivity contribution in [2.75, 3.05) is 46.7 Å². The lowest BCUT2D eigenvalue weighted by Crippen LogP contribution is -2.30. The van der Waals surface area contributed by atoms with E-state index in [4.69, 9.17) is 9.47 Å². The number of benzene rings is 1. The van der Waals surface area contributed by atoms with E-state index in [9.17, 15) is 4.79 Å². The highest BCUT2D eigenvalue weighted by atomic mass is 32.2. The summed E-state index contributed by atoms with van der Waals surface area (Å²) in [5, 5.41) is 3.19. The Morgan fingerprint density at radius 3 is 2.83 bits per heavy atom. The number of nitrogens with one attached hydrogen (secondary N) is 1. The standard InChI is InChI=1S/C17H26N2O3S/c1-18-11-13-6-8-19(12-13)17(20)7-9-23-14-4-5-15(21-2)16(10-14)22-3/h4-5,10,13,18H,6-9,11-12H2,1-3H3. The molecule has 128 valence electrons. The lowest BCUT2D eigenvalue weighted by atomic mass is 10.1. The Balaban J connectivity index is 1.77. The molecule has 0 radical (unpaired) electrons. The second kappa shape index (κ2) is 9.03.